The molecule has 2 aliphatic heterocycles. The molecule has 4 rings (SSSR count). The fourth-order valence-corrected chi connectivity index (χ4v) is 3.75. The van der Waals surface area contributed by atoms with E-state index < -0.39 is 12.3 Å². The van der Waals surface area contributed by atoms with Crippen LogP contribution in [0.5, 0.6) is 5.75 Å². The summed E-state index contributed by atoms with van der Waals surface area (Å²) in [7, 11) is 0. The van der Waals surface area contributed by atoms with Crippen LogP contribution in [0.25, 0.3) is 5.57 Å². The number of aromatic nitrogens is 2. The number of ether oxygens (including phenoxy) is 1. The number of rotatable bonds is 4. The summed E-state index contributed by atoms with van der Waals surface area (Å²) in [6, 6.07) is 6.87. The Morgan fingerprint density at radius 1 is 1.23 bits per heavy atom. The van der Waals surface area contributed by atoms with Gasteiger partial charge in [-0.15, -0.1) is 0 Å². The van der Waals surface area contributed by atoms with Crippen molar-refractivity contribution < 1.29 is 13.9 Å². The second-order valence-corrected chi connectivity index (χ2v) is 7.90. The van der Waals surface area contributed by atoms with Gasteiger partial charge in [-0.05, 0) is 26.0 Å². The molecule has 2 aromatic rings. The van der Waals surface area contributed by atoms with Crippen molar-refractivity contribution in [2.24, 2.45) is 5.73 Å². The minimum Gasteiger partial charge on any atom is -0.485 e. The summed E-state index contributed by atoms with van der Waals surface area (Å²) >= 11 is 6.17. The molecule has 3 N–H and O–H groups in total. The van der Waals surface area contributed by atoms with E-state index in [-0.39, 0.29) is 25.5 Å². The van der Waals surface area contributed by atoms with E-state index in [9.17, 15) is 9.18 Å². The van der Waals surface area contributed by atoms with E-state index in [0.29, 0.717) is 51.4 Å². The van der Waals surface area contributed by atoms with E-state index in [2.05, 4.69) is 15.3 Å². The van der Waals surface area contributed by atoms with E-state index in [4.69, 9.17) is 22.1 Å². The number of nitrogens with two attached hydrogens (primary N) is 1. The molecule has 0 saturated carbocycles. The van der Waals surface area contributed by atoms with Crippen molar-refractivity contribution in [3.8, 4) is 5.75 Å². The Labute approximate surface area is 179 Å². The van der Waals surface area contributed by atoms with Gasteiger partial charge in [0.05, 0.1) is 35.1 Å². The van der Waals surface area contributed by atoms with Crippen molar-refractivity contribution in [1.82, 2.24) is 20.2 Å². The Morgan fingerprint density at radius 2 is 1.93 bits per heavy atom. The molecular formula is C21H23ClFN5O2. The SMILES string of the molecule is Cc1nc(C2=C(N)CN(C(=O)c3ccccc3O[C@H]3CNC[C@H]3F)C2)nc(C)c1Cl. The maximum absolute atomic E-state index is 14.0. The van der Waals surface area contributed by atoms with Gasteiger partial charge >= 0.3 is 0 Å². The van der Waals surface area contributed by atoms with Crippen LogP contribution in [0.2, 0.25) is 5.02 Å². The predicted octanol–water partition coefficient (Wildman–Crippen LogP) is 2.26. The first-order valence-corrected chi connectivity index (χ1v) is 10.1. The average Bonchev–Trinajstić information content (AvgIpc) is 3.31. The van der Waals surface area contributed by atoms with Gasteiger partial charge in [0.25, 0.3) is 5.91 Å². The van der Waals surface area contributed by atoms with Crippen molar-refractivity contribution in [3.63, 3.8) is 0 Å². The molecule has 1 amide bonds. The number of benzene rings is 1. The second-order valence-electron chi connectivity index (χ2n) is 7.52. The zero-order valence-corrected chi connectivity index (χ0v) is 17.5. The predicted molar refractivity (Wildman–Crippen MR) is 112 cm³/mol. The van der Waals surface area contributed by atoms with Crippen LogP contribution in [0.15, 0.2) is 30.0 Å². The number of nitrogens with zero attached hydrogens (tertiary/aromatic N) is 3. The molecule has 158 valence electrons. The Balaban J connectivity index is 1.55. The van der Waals surface area contributed by atoms with Gasteiger partial charge in [0.1, 0.15) is 11.9 Å². The molecule has 1 saturated heterocycles. The summed E-state index contributed by atoms with van der Waals surface area (Å²) < 4.78 is 19.8. The highest BCUT2D eigenvalue weighted by Gasteiger charge is 2.32. The normalized spacial score (nSPS) is 21.4. The number of carbonyl (C=O) groups excluding carboxylic acids is 1. The molecule has 3 heterocycles. The van der Waals surface area contributed by atoms with Gasteiger partial charge in [-0.3, -0.25) is 4.79 Å². The highest BCUT2D eigenvalue weighted by Crippen LogP contribution is 2.29. The zero-order chi connectivity index (χ0) is 21.4. The number of carbonyl (C=O) groups is 1. The van der Waals surface area contributed by atoms with Crippen molar-refractivity contribution in [2.45, 2.75) is 26.1 Å². The number of amides is 1. The third kappa shape index (κ3) is 3.85. The lowest BCUT2D eigenvalue weighted by Gasteiger charge is -2.21. The van der Waals surface area contributed by atoms with Crippen LogP contribution in [0.1, 0.15) is 27.6 Å². The van der Waals surface area contributed by atoms with Crippen LogP contribution in [0.4, 0.5) is 4.39 Å². The van der Waals surface area contributed by atoms with Crippen molar-refractivity contribution >= 4 is 23.1 Å². The summed E-state index contributed by atoms with van der Waals surface area (Å²) in [4.78, 5) is 23.7. The van der Waals surface area contributed by atoms with Crippen LogP contribution >= 0.6 is 11.6 Å². The fourth-order valence-electron chi connectivity index (χ4n) is 3.66. The van der Waals surface area contributed by atoms with Crippen LogP contribution in [0, 0.1) is 13.8 Å². The summed E-state index contributed by atoms with van der Waals surface area (Å²) in [6.45, 7) is 4.78. The summed E-state index contributed by atoms with van der Waals surface area (Å²) in [5.41, 5.74) is 9.16. The lowest BCUT2D eigenvalue weighted by Crippen LogP contribution is -2.32. The summed E-state index contributed by atoms with van der Waals surface area (Å²) in [6.07, 6.45) is -1.73. The molecule has 0 aliphatic carbocycles. The maximum atomic E-state index is 14.0. The van der Waals surface area contributed by atoms with Crippen LogP contribution < -0.4 is 15.8 Å². The molecule has 0 radical (unpaired) electrons. The van der Waals surface area contributed by atoms with Crippen molar-refractivity contribution in [1.29, 1.82) is 0 Å². The molecule has 7 nitrogen and oxygen atoms in total. The molecular weight excluding hydrogens is 409 g/mol. The van der Waals surface area contributed by atoms with Gasteiger partial charge < -0.3 is 20.7 Å². The molecule has 2 atom stereocenters. The van der Waals surface area contributed by atoms with Crippen molar-refractivity contribution in [3.05, 3.63) is 57.8 Å². The fraction of sp³-hybridized carbons (Fsp3) is 0.381. The van der Waals surface area contributed by atoms with Crippen molar-refractivity contribution in [2.75, 3.05) is 26.2 Å². The topological polar surface area (TPSA) is 93.4 Å². The lowest BCUT2D eigenvalue weighted by atomic mass is 10.1. The van der Waals surface area contributed by atoms with Crippen LogP contribution in [-0.4, -0.2) is 59.2 Å². The molecule has 0 spiro atoms. The lowest BCUT2D eigenvalue weighted by molar-refractivity contribution is 0.0786. The molecule has 2 aliphatic rings. The number of halogens is 2. The van der Waals surface area contributed by atoms with Crippen LogP contribution in [-0.2, 0) is 0 Å². The van der Waals surface area contributed by atoms with Gasteiger partial charge in [0.2, 0.25) is 0 Å². The first kappa shape index (κ1) is 20.6. The third-order valence-electron chi connectivity index (χ3n) is 5.32. The molecule has 1 aromatic heterocycles. The highest BCUT2D eigenvalue weighted by molar-refractivity contribution is 6.31. The van der Waals surface area contributed by atoms with Gasteiger partial charge in [-0.2, -0.15) is 0 Å². The van der Waals surface area contributed by atoms with Crippen LogP contribution in [0.3, 0.4) is 0 Å². The Morgan fingerprint density at radius 3 is 2.60 bits per heavy atom. The molecule has 9 heteroatoms. The largest absolute Gasteiger partial charge is 0.485 e. The van der Waals surface area contributed by atoms with E-state index in [0.717, 1.165) is 0 Å². The molecule has 0 unspecified atom stereocenters. The Bertz CT molecular complexity index is 1010. The average molecular weight is 432 g/mol. The summed E-state index contributed by atoms with van der Waals surface area (Å²) in [5, 5.41) is 3.46. The monoisotopic (exact) mass is 431 g/mol. The number of hydrogen-bond acceptors (Lipinski definition) is 6. The number of nitrogens with one attached hydrogen (secondary N) is 1. The van der Waals surface area contributed by atoms with E-state index in [1.165, 1.54) is 0 Å². The standard InChI is InChI=1S/C21H23ClFN5O2/c1-11-19(22)12(2)27-20(26-11)14-9-28(10-16(14)24)21(29)13-5-3-4-6-17(13)30-18-8-25-7-15(18)23/h3-6,15,18,25H,7-10,24H2,1-2H3/t15-,18+/m1/s1. The zero-order valence-electron chi connectivity index (χ0n) is 16.8. The van der Waals surface area contributed by atoms with E-state index >= 15 is 0 Å². The Kier molecular flexibility index (Phi) is 5.62. The molecule has 0 bridgehead atoms. The minimum absolute atomic E-state index is 0.243. The third-order valence-corrected chi connectivity index (χ3v) is 5.87. The number of aryl methyl sites for hydroxylation is 2. The van der Waals surface area contributed by atoms with Gasteiger partial charge in [-0.25, -0.2) is 14.4 Å². The van der Waals surface area contributed by atoms with Gasteiger partial charge in [0.15, 0.2) is 12.0 Å². The minimum atomic E-state index is -1.11. The second kappa shape index (κ2) is 8.20. The first-order chi connectivity index (χ1) is 14.3. The van der Waals surface area contributed by atoms with Gasteiger partial charge in [0, 0.05) is 24.4 Å². The molecule has 30 heavy (non-hydrogen) atoms. The molecule has 1 aromatic carbocycles. The maximum Gasteiger partial charge on any atom is 0.258 e. The summed E-state index contributed by atoms with van der Waals surface area (Å²) in [5.74, 6) is 0.594. The van der Waals surface area contributed by atoms with E-state index in [1.54, 1.807) is 43.0 Å². The number of alkyl halides is 1. The Hall–Kier alpha value is -2.71. The highest BCUT2D eigenvalue weighted by atomic mass is 35.5. The van der Waals surface area contributed by atoms with Gasteiger partial charge in [-0.1, -0.05) is 23.7 Å². The molecule has 1 fully saturated rings. The number of hydrogen-bond donors (Lipinski definition) is 2. The smallest absolute Gasteiger partial charge is 0.258 e. The first-order valence-electron chi connectivity index (χ1n) is 9.73. The number of para-hydroxylation sites is 1. The quantitative estimate of drug-likeness (QED) is 0.771. The van der Waals surface area contributed by atoms with E-state index in [1.807, 2.05) is 0 Å².